The van der Waals surface area contributed by atoms with Crippen LogP contribution in [0.5, 0.6) is 5.75 Å². The number of nitrogen functional groups attached to an aromatic ring is 1. The van der Waals surface area contributed by atoms with Crippen LogP contribution in [0.25, 0.3) is 0 Å². The first-order valence-electron chi connectivity index (χ1n) is 6.73. The van der Waals surface area contributed by atoms with Gasteiger partial charge in [0, 0.05) is 11.3 Å². The predicted molar refractivity (Wildman–Crippen MR) is 74.5 cm³/mol. The second kappa shape index (κ2) is 7.99. The molecule has 0 heterocycles. The highest BCUT2D eigenvalue weighted by molar-refractivity contribution is 5.53. The molecule has 2 heteroatoms. The van der Waals surface area contributed by atoms with Gasteiger partial charge in [0.25, 0.3) is 0 Å². The molecule has 17 heavy (non-hydrogen) atoms. The van der Waals surface area contributed by atoms with E-state index in [-0.39, 0.29) is 0 Å². The minimum Gasteiger partial charge on any atom is -0.493 e. The fraction of sp³-hybridized carbons (Fsp3) is 0.600. The summed E-state index contributed by atoms with van der Waals surface area (Å²) in [6.07, 6.45) is 7.74. The Labute approximate surface area is 105 Å². The van der Waals surface area contributed by atoms with Gasteiger partial charge in [0.05, 0.1) is 6.61 Å². The van der Waals surface area contributed by atoms with Crippen LogP contribution in [-0.4, -0.2) is 6.61 Å². The number of rotatable bonds is 8. The standard InChI is InChI=1S/C15H25NO/c1-3-4-5-6-7-8-12-17-15-11-9-10-14(16)13(15)2/h9-11H,3-8,12,16H2,1-2H3. The highest BCUT2D eigenvalue weighted by Gasteiger charge is 2.01. The maximum Gasteiger partial charge on any atom is 0.124 e. The van der Waals surface area contributed by atoms with Gasteiger partial charge in [0.1, 0.15) is 5.75 Å². The molecule has 1 aromatic rings. The van der Waals surface area contributed by atoms with Crippen molar-refractivity contribution in [3.05, 3.63) is 23.8 Å². The van der Waals surface area contributed by atoms with Crippen LogP contribution in [0.1, 0.15) is 51.0 Å². The third-order valence-electron chi connectivity index (χ3n) is 3.08. The number of nitrogens with two attached hydrogens (primary N) is 1. The fourth-order valence-corrected chi connectivity index (χ4v) is 1.85. The summed E-state index contributed by atoms with van der Waals surface area (Å²) >= 11 is 0. The van der Waals surface area contributed by atoms with Crippen molar-refractivity contribution in [3.63, 3.8) is 0 Å². The van der Waals surface area contributed by atoms with E-state index in [1.165, 1.54) is 32.1 Å². The van der Waals surface area contributed by atoms with Crippen molar-refractivity contribution in [3.8, 4) is 5.75 Å². The lowest BCUT2D eigenvalue weighted by molar-refractivity contribution is 0.302. The summed E-state index contributed by atoms with van der Waals surface area (Å²) in [4.78, 5) is 0. The largest absolute Gasteiger partial charge is 0.493 e. The van der Waals surface area contributed by atoms with E-state index in [9.17, 15) is 0 Å². The van der Waals surface area contributed by atoms with E-state index in [2.05, 4.69) is 6.92 Å². The zero-order chi connectivity index (χ0) is 12.5. The van der Waals surface area contributed by atoms with Gasteiger partial charge in [-0.3, -0.25) is 0 Å². The van der Waals surface area contributed by atoms with Gasteiger partial charge in [-0.15, -0.1) is 0 Å². The minimum absolute atomic E-state index is 0.802. The highest BCUT2D eigenvalue weighted by atomic mass is 16.5. The first kappa shape index (κ1) is 13.9. The lowest BCUT2D eigenvalue weighted by Crippen LogP contribution is -2.00. The smallest absolute Gasteiger partial charge is 0.124 e. The molecular weight excluding hydrogens is 210 g/mol. The summed E-state index contributed by atoms with van der Waals surface area (Å²) in [5, 5.41) is 0. The normalized spacial score (nSPS) is 10.5. The van der Waals surface area contributed by atoms with E-state index < -0.39 is 0 Å². The van der Waals surface area contributed by atoms with Crippen LogP contribution < -0.4 is 10.5 Å². The fourth-order valence-electron chi connectivity index (χ4n) is 1.85. The molecule has 0 aliphatic rings. The average Bonchev–Trinajstić information content (AvgIpc) is 2.33. The Morgan fingerprint density at radius 1 is 1.06 bits per heavy atom. The lowest BCUT2D eigenvalue weighted by atomic mass is 10.1. The molecule has 0 aliphatic heterocycles. The van der Waals surface area contributed by atoms with Gasteiger partial charge < -0.3 is 10.5 Å². The van der Waals surface area contributed by atoms with Crippen molar-refractivity contribution in [1.29, 1.82) is 0 Å². The van der Waals surface area contributed by atoms with E-state index in [0.29, 0.717) is 0 Å². The molecule has 0 bridgehead atoms. The van der Waals surface area contributed by atoms with Crippen LogP contribution in [0.15, 0.2) is 18.2 Å². The third-order valence-corrected chi connectivity index (χ3v) is 3.08. The van der Waals surface area contributed by atoms with Gasteiger partial charge in [-0.1, -0.05) is 45.1 Å². The van der Waals surface area contributed by atoms with Crippen molar-refractivity contribution in [2.24, 2.45) is 0 Å². The quantitative estimate of drug-likeness (QED) is 0.538. The van der Waals surface area contributed by atoms with Crippen LogP contribution in [0, 0.1) is 6.92 Å². The molecule has 1 aromatic carbocycles. The Morgan fingerprint density at radius 3 is 2.53 bits per heavy atom. The summed E-state index contributed by atoms with van der Waals surface area (Å²) in [6, 6.07) is 5.84. The van der Waals surface area contributed by atoms with Crippen LogP contribution in [0.3, 0.4) is 0 Å². The molecule has 0 spiro atoms. The second-order valence-corrected chi connectivity index (χ2v) is 4.59. The van der Waals surface area contributed by atoms with E-state index in [1.54, 1.807) is 0 Å². The predicted octanol–water partition coefficient (Wildman–Crippen LogP) is 4.32. The number of anilines is 1. The zero-order valence-electron chi connectivity index (χ0n) is 11.2. The molecule has 2 N–H and O–H groups in total. The summed E-state index contributed by atoms with van der Waals surface area (Å²) in [5.74, 6) is 0.929. The summed E-state index contributed by atoms with van der Waals surface area (Å²) in [5.41, 5.74) is 7.69. The number of benzene rings is 1. The topological polar surface area (TPSA) is 35.2 Å². The van der Waals surface area contributed by atoms with Gasteiger partial charge in [-0.2, -0.15) is 0 Å². The van der Waals surface area contributed by atoms with Crippen molar-refractivity contribution in [2.75, 3.05) is 12.3 Å². The van der Waals surface area contributed by atoms with E-state index >= 15 is 0 Å². The molecule has 0 aliphatic carbocycles. The van der Waals surface area contributed by atoms with Crippen molar-refractivity contribution >= 4 is 5.69 Å². The van der Waals surface area contributed by atoms with Crippen molar-refractivity contribution in [1.82, 2.24) is 0 Å². The van der Waals surface area contributed by atoms with E-state index in [4.69, 9.17) is 10.5 Å². The van der Waals surface area contributed by atoms with Gasteiger partial charge in [0.15, 0.2) is 0 Å². The second-order valence-electron chi connectivity index (χ2n) is 4.59. The van der Waals surface area contributed by atoms with Crippen LogP contribution in [0.4, 0.5) is 5.69 Å². The zero-order valence-corrected chi connectivity index (χ0v) is 11.2. The molecule has 0 saturated heterocycles. The molecule has 0 amide bonds. The Bertz CT molecular complexity index is 323. The number of hydrogen-bond acceptors (Lipinski definition) is 2. The highest BCUT2D eigenvalue weighted by Crippen LogP contribution is 2.23. The van der Waals surface area contributed by atoms with Crippen LogP contribution in [0.2, 0.25) is 0 Å². The SMILES string of the molecule is CCCCCCCCOc1cccc(N)c1C. The molecule has 96 valence electrons. The average molecular weight is 235 g/mol. The third kappa shape index (κ3) is 5.12. The number of hydrogen-bond donors (Lipinski definition) is 1. The summed E-state index contributed by atoms with van der Waals surface area (Å²) in [6.45, 7) is 5.05. The molecule has 0 saturated carbocycles. The Balaban J connectivity index is 2.16. The molecule has 0 unspecified atom stereocenters. The molecule has 0 aromatic heterocycles. The van der Waals surface area contributed by atoms with E-state index in [0.717, 1.165) is 30.0 Å². The first-order valence-corrected chi connectivity index (χ1v) is 6.73. The van der Waals surface area contributed by atoms with Crippen molar-refractivity contribution in [2.45, 2.75) is 52.4 Å². The van der Waals surface area contributed by atoms with Gasteiger partial charge >= 0.3 is 0 Å². The summed E-state index contributed by atoms with van der Waals surface area (Å²) < 4.78 is 5.74. The first-order chi connectivity index (χ1) is 8.25. The molecular formula is C15H25NO. The van der Waals surface area contributed by atoms with Crippen molar-refractivity contribution < 1.29 is 4.74 Å². The number of unbranched alkanes of at least 4 members (excludes halogenated alkanes) is 5. The molecule has 0 fully saturated rings. The molecule has 2 nitrogen and oxygen atoms in total. The molecule has 1 rings (SSSR count). The van der Waals surface area contributed by atoms with Gasteiger partial charge in [-0.05, 0) is 25.5 Å². The molecule has 0 atom stereocenters. The number of ether oxygens (including phenoxy) is 1. The maximum absolute atomic E-state index is 5.83. The Kier molecular flexibility index (Phi) is 6.53. The van der Waals surface area contributed by atoms with Gasteiger partial charge in [0.2, 0.25) is 0 Å². The van der Waals surface area contributed by atoms with Gasteiger partial charge in [-0.25, -0.2) is 0 Å². The van der Waals surface area contributed by atoms with Crippen LogP contribution in [-0.2, 0) is 0 Å². The lowest BCUT2D eigenvalue weighted by Gasteiger charge is -2.10. The molecule has 0 radical (unpaired) electrons. The van der Waals surface area contributed by atoms with E-state index in [1.807, 2.05) is 25.1 Å². The maximum atomic E-state index is 5.83. The summed E-state index contributed by atoms with van der Waals surface area (Å²) in [7, 11) is 0. The Hall–Kier alpha value is -1.18. The minimum atomic E-state index is 0.802. The Morgan fingerprint density at radius 2 is 1.76 bits per heavy atom. The monoisotopic (exact) mass is 235 g/mol. The van der Waals surface area contributed by atoms with Crippen LogP contribution >= 0.6 is 0 Å².